The van der Waals surface area contributed by atoms with E-state index in [1.54, 1.807) is 0 Å². The van der Waals surface area contributed by atoms with E-state index >= 15 is 0 Å². The Morgan fingerprint density at radius 2 is 1.36 bits per heavy atom. The van der Waals surface area contributed by atoms with Gasteiger partial charge in [-0.15, -0.1) is 0 Å². The van der Waals surface area contributed by atoms with Gasteiger partial charge in [-0.25, -0.2) is 0 Å². The van der Waals surface area contributed by atoms with E-state index in [-0.39, 0.29) is 21.7 Å². The van der Waals surface area contributed by atoms with Crippen molar-refractivity contribution in [1.82, 2.24) is 5.32 Å². The van der Waals surface area contributed by atoms with Crippen LogP contribution in [0, 0.1) is 6.92 Å². The minimum Gasteiger partial charge on any atom is -0.400 e. The first kappa shape index (κ1) is 29.3. The van der Waals surface area contributed by atoms with E-state index in [1.807, 2.05) is 0 Å². The van der Waals surface area contributed by atoms with Crippen molar-refractivity contribution >= 4 is 0 Å². The molecule has 90 valence electrons. The molecule has 6 N–H and O–H groups in total. The molecule has 0 unspecified atom stereocenters. The molecular formula is C8H25N2O3Ti-. The zero-order chi connectivity index (χ0) is 11.5. The fourth-order valence-electron chi connectivity index (χ4n) is 0.352. The first-order chi connectivity index (χ1) is 6.41. The summed E-state index contributed by atoms with van der Waals surface area (Å²) >= 11 is 0. The smallest absolute Gasteiger partial charge is 0.0319 e. The second-order valence-corrected chi connectivity index (χ2v) is 1.39. The van der Waals surface area contributed by atoms with Gasteiger partial charge in [0.25, 0.3) is 0 Å². The van der Waals surface area contributed by atoms with Crippen molar-refractivity contribution in [3.63, 3.8) is 0 Å². The van der Waals surface area contributed by atoms with Crippen LogP contribution in [-0.2, 0) is 21.7 Å². The molecule has 0 amide bonds. The molecule has 0 saturated heterocycles. The van der Waals surface area contributed by atoms with Crippen LogP contribution in [0.15, 0.2) is 0 Å². The number of nitrogens with one attached hydrogen (secondary N) is 1. The third-order valence-electron chi connectivity index (χ3n) is 0.675. The molecule has 0 spiro atoms. The number of hydrogen-bond donors (Lipinski definition) is 5. The van der Waals surface area contributed by atoms with Crippen LogP contribution < -0.4 is 11.1 Å². The van der Waals surface area contributed by atoms with Crippen molar-refractivity contribution in [2.24, 2.45) is 5.73 Å². The van der Waals surface area contributed by atoms with Crippen molar-refractivity contribution in [3.8, 4) is 0 Å². The minimum absolute atomic E-state index is 0. The van der Waals surface area contributed by atoms with E-state index in [1.165, 1.54) is 0 Å². The Morgan fingerprint density at radius 1 is 1.00 bits per heavy atom. The molecule has 0 bridgehead atoms. The van der Waals surface area contributed by atoms with Crippen LogP contribution in [0.2, 0.25) is 0 Å². The van der Waals surface area contributed by atoms with Gasteiger partial charge in [-0.05, 0) is 6.54 Å². The first-order valence-corrected chi connectivity index (χ1v) is 3.96. The molecule has 0 atom stereocenters. The standard InChI is InChI=1S/C5H13N2.3CH4O.Ti/c1-2-4-7-5-3-6;3*1-2;/h7H,1-6H2;3*2H,1H3;/q-1;;;;. The molecule has 0 aromatic carbocycles. The Balaban J connectivity index is -0.0000000332. The minimum atomic E-state index is 0. The van der Waals surface area contributed by atoms with E-state index in [4.69, 9.17) is 21.1 Å². The molecule has 0 fully saturated rings. The van der Waals surface area contributed by atoms with Crippen LogP contribution in [-0.4, -0.2) is 56.3 Å². The fraction of sp³-hybridized carbons (Fsp3) is 0.875. The molecule has 0 rings (SSSR count). The Kier molecular flexibility index (Phi) is 146. The van der Waals surface area contributed by atoms with E-state index in [0.29, 0.717) is 0 Å². The van der Waals surface area contributed by atoms with Gasteiger partial charge in [0.05, 0.1) is 0 Å². The SMILES string of the molecule is CO.CO.CO.[CH2-]CCNCCN.[Ti]. The summed E-state index contributed by atoms with van der Waals surface area (Å²) < 4.78 is 0. The van der Waals surface area contributed by atoms with Gasteiger partial charge in [-0.2, -0.15) is 6.42 Å². The van der Waals surface area contributed by atoms with Crippen molar-refractivity contribution in [2.45, 2.75) is 6.42 Å². The predicted octanol–water partition coefficient (Wildman–Crippen LogP) is -1.42. The summed E-state index contributed by atoms with van der Waals surface area (Å²) in [4.78, 5) is 0. The summed E-state index contributed by atoms with van der Waals surface area (Å²) in [6.07, 6.45) is 0.944. The maximum Gasteiger partial charge on any atom is 0.0319 e. The normalized spacial score (nSPS) is 6.00. The fourth-order valence-corrected chi connectivity index (χ4v) is 0.352. The van der Waals surface area contributed by atoms with Crippen LogP contribution in [0.25, 0.3) is 0 Å². The quantitative estimate of drug-likeness (QED) is 0.238. The van der Waals surface area contributed by atoms with Gasteiger partial charge in [0, 0.05) is 56.1 Å². The summed E-state index contributed by atoms with van der Waals surface area (Å²) in [5, 5.41) is 24.1. The second kappa shape index (κ2) is 69.6. The number of rotatable bonds is 4. The summed E-state index contributed by atoms with van der Waals surface area (Å²) in [5.41, 5.74) is 5.19. The zero-order valence-electron chi connectivity index (χ0n) is 9.45. The third-order valence-corrected chi connectivity index (χ3v) is 0.675. The van der Waals surface area contributed by atoms with Gasteiger partial charge in [0.2, 0.25) is 0 Å². The number of hydrogen-bond acceptors (Lipinski definition) is 5. The molecule has 0 aliphatic heterocycles. The monoisotopic (exact) mass is 245 g/mol. The van der Waals surface area contributed by atoms with Gasteiger partial charge >= 0.3 is 0 Å². The maximum atomic E-state index is 7.00. The summed E-state index contributed by atoms with van der Waals surface area (Å²) in [5.74, 6) is 0. The molecule has 0 aliphatic carbocycles. The predicted molar refractivity (Wildman–Crippen MR) is 56.3 cm³/mol. The van der Waals surface area contributed by atoms with Gasteiger partial charge < -0.3 is 33.3 Å². The van der Waals surface area contributed by atoms with Crippen molar-refractivity contribution in [1.29, 1.82) is 0 Å². The summed E-state index contributed by atoms with van der Waals surface area (Å²) in [6, 6.07) is 0. The molecular weight excluding hydrogens is 220 g/mol. The zero-order valence-corrected chi connectivity index (χ0v) is 11.0. The third kappa shape index (κ3) is 81.4. The molecule has 6 heteroatoms. The molecule has 0 aromatic rings. The topological polar surface area (TPSA) is 98.7 Å². The number of aliphatic hydroxyl groups is 3. The second-order valence-electron chi connectivity index (χ2n) is 1.39. The Morgan fingerprint density at radius 3 is 1.57 bits per heavy atom. The van der Waals surface area contributed by atoms with Gasteiger partial charge in [0.15, 0.2) is 0 Å². The van der Waals surface area contributed by atoms with E-state index in [9.17, 15) is 0 Å². The average Bonchev–Trinajstić information content (AvgIpc) is 2.27. The van der Waals surface area contributed by atoms with Crippen LogP contribution in [0.3, 0.4) is 0 Å². The molecule has 14 heavy (non-hydrogen) atoms. The van der Waals surface area contributed by atoms with Gasteiger partial charge in [-0.3, -0.25) is 0 Å². The van der Waals surface area contributed by atoms with Crippen LogP contribution >= 0.6 is 0 Å². The average molecular weight is 245 g/mol. The molecule has 5 nitrogen and oxygen atoms in total. The first-order valence-electron chi connectivity index (χ1n) is 3.96. The van der Waals surface area contributed by atoms with Crippen molar-refractivity contribution < 1.29 is 37.0 Å². The van der Waals surface area contributed by atoms with Crippen LogP contribution in [0.4, 0.5) is 0 Å². The Bertz CT molecular complexity index is 41.8. The largest absolute Gasteiger partial charge is 0.400 e. The van der Waals surface area contributed by atoms with Gasteiger partial charge in [0.1, 0.15) is 0 Å². The van der Waals surface area contributed by atoms with E-state index in [0.717, 1.165) is 47.4 Å². The summed E-state index contributed by atoms with van der Waals surface area (Å²) in [6.45, 7) is 6.27. The molecule has 0 aromatic heterocycles. The molecule has 0 saturated carbocycles. The Hall–Kier alpha value is 0.514. The molecule has 0 radical (unpaired) electrons. The van der Waals surface area contributed by atoms with E-state index < -0.39 is 0 Å². The van der Waals surface area contributed by atoms with E-state index in [2.05, 4.69) is 12.2 Å². The summed E-state index contributed by atoms with van der Waals surface area (Å²) in [7, 11) is 3.00. The number of nitrogens with two attached hydrogens (primary N) is 1. The van der Waals surface area contributed by atoms with Crippen LogP contribution in [0.1, 0.15) is 6.42 Å². The maximum absolute atomic E-state index is 7.00. The van der Waals surface area contributed by atoms with Crippen LogP contribution in [0.5, 0.6) is 0 Å². The molecule has 0 aliphatic rings. The Labute approximate surface area is 103 Å². The number of aliphatic hydroxyl groups excluding tert-OH is 3. The van der Waals surface area contributed by atoms with Crippen molar-refractivity contribution in [3.05, 3.63) is 6.92 Å². The van der Waals surface area contributed by atoms with Gasteiger partial charge in [-0.1, -0.05) is 0 Å². The van der Waals surface area contributed by atoms with Crippen molar-refractivity contribution in [2.75, 3.05) is 41.0 Å². The molecule has 0 heterocycles.